The van der Waals surface area contributed by atoms with Crippen molar-refractivity contribution in [2.24, 2.45) is 0 Å². The number of ether oxygens (including phenoxy) is 1. The summed E-state index contributed by atoms with van der Waals surface area (Å²) in [5, 5.41) is 4.67. The van der Waals surface area contributed by atoms with Gasteiger partial charge in [0.15, 0.2) is 0 Å². The molecule has 3 rings (SSSR count). The molecule has 1 aromatic rings. The predicted octanol–water partition coefficient (Wildman–Crippen LogP) is 3.12. The molecule has 0 N–H and O–H groups in total. The van der Waals surface area contributed by atoms with Crippen LogP contribution in [0.2, 0.25) is 0 Å². The Morgan fingerprint density at radius 3 is 2.59 bits per heavy atom. The number of hydrogen-bond donors (Lipinski definition) is 0. The first kappa shape index (κ1) is 15.4. The van der Waals surface area contributed by atoms with E-state index >= 15 is 0 Å². The molecule has 2 aliphatic rings. The van der Waals surface area contributed by atoms with Crippen molar-refractivity contribution in [2.45, 2.75) is 70.9 Å². The van der Waals surface area contributed by atoms with Gasteiger partial charge in [-0.05, 0) is 58.9 Å². The highest BCUT2D eigenvalue weighted by Crippen LogP contribution is 2.45. The van der Waals surface area contributed by atoms with Crippen LogP contribution >= 0.6 is 0 Å². The Kier molecular flexibility index (Phi) is 3.69. The normalized spacial score (nSPS) is 20.3. The van der Waals surface area contributed by atoms with Crippen molar-refractivity contribution < 1.29 is 9.53 Å². The van der Waals surface area contributed by atoms with Crippen molar-refractivity contribution in [3.05, 3.63) is 17.5 Å². The topological polar surface area (TPSA) is 47.4 Å². The molecule has 1 fully saturated rings. The number of amides is 1. The van der Waals surface area contributed by atoms with Crippen LogP contribution in [0.1, 0.15) is 58.2 Å². The van der Waals surface area contributed by atoms with E-state index in [-0.39, 0.29) is 11.5 Å². The second kappa shape index (κ2) is 5.28. The Labute approximate surface area is 132 Å². The third-order valence-corrected chi connectivity index (χ3v) is 4.95. The first-order valence-electron chi connectivity index (χ1n) is 8.38. The summed E-state index contributed by atoms with van der Waals surface area (Å²) in [5.41, 5.74) is 2.52. The number of carbonyl (C=O) groups is 1. The molecule has 1 aliphatic carbocycles. The fourth-order valence-corrected chi connectivity index (χ4v) is 3.71. The molecule has 5 nitrogen and oxygen atoms in total. The maximum Gasteiger partial charge on any atom is 0.410 e. The van der Waals surface area contributed by atoms with Gasteiger partial charge in [-0.1, -0.05) is 0 Å². The summed E-state index contributed by atoms with van der Waals surface area (Å²) in [6.45, 7) is 10.4. The minimum absolute atomic E-state index is 0.176. The molecule has 5 heteroatoms. The Morgan fingerprint density at radius 2 is 2.00 bits per heavy atom. The van der Waals surface area contributed by atoms with Gasteiger partial charge in [0, 0.05) is 31.2 Å². The van der Waals surface area contributed by atoms with E-state index in [0.717, 1.165) is 38.9 Å². The maximum atomic E-state index is 12.2. The van der Waals surface area contributed by atoms with Gasteiger partial charge in [-0.15, -0.1) is 0 Å². The zero-order chi connectivity index (χ0) is 16.0. The number of rotatable bonds is 1. The SMILES string of the molecule is CCn1cc2c(n1)CCC21CCN(C(=O)OC(C)(C)C)CC1. The minimum atomic E-state index is -0.422. The van der Waals surface area contributed by atoms with E-state index in [0.29, 0.717) is 0 Å². The average molecular weight is 305 g/mol. The van der Waals surface area contributed by atoms with Gasteiger partial charge < -0.3 is 9.64 Å². The maximum absolute atomic E-state index is 12.2. The van der Waals surface area contributed by atoms with E-state index in [4.69, 9.17) is 4.74 Å². The van der Waals surface area contributed by atoms with E-state index in [2.05, 4.69) is 18.2 Å². The van der Waals surface area contributed by atoms with Gasteiger partial charge in [0.25, 0.3) is 0 Å². The molecule has 0 aromatic carbocycles. The average Bonchev–Trinajstić information content (AvgIpc) is 2.99. The first-order valence-corrected chi connectivity index (χ1v) is 8.38. The van der Waals surface area contributed by atoms with E-state index in [1.54, 1.807) is 0 Å². The molecule has 0 atom stereocenters. The lowest BCUT2D eigenvalue weighted by Crippen LogP contribution is -2.46. The summed E-state index contributed by atoms with van der Waals surface area (Å²) in [6.07, 6.45) is 6.35. The monoisotopic (exact) mass is 305 g/mol. The lowest BCUT2D eigenvalue weighted by Gasteiger charge is -2.39. The van der Waals surface area contributed by atoms with Gasteiger partial charge in [0.05, 0.1) is 5.69 Å². The second-order valence-electron chi connectivity index (χ2n) is 7.59. The van der Waals surface area contributed by atoms with Crippen LogP contribution in [0, 0.1) is 0 Å². The van der Waals surface area contributed by atoms with E-state index in [9.17, 15) is 4.79 Å². The van der Waals surface area contributed by atoms with Gasteiger partial charge >= 0.3 is 6.09 Å². The molecule has 122 valence electrons. The van der Waals surface area contributed by atoms with Gasteiger partial charge in [-0.2, -0.15) is 5.10 Å². The molecular weight excluding hydrogens is 278 g/mol. The number of hydrogen-bond acceptors (Lipinski definition) is 3. The van der Waals surface area contributed by atoms with Crippen LogP contribution in [0.25, 0.3) is 0 Å². The summed E-state index contributed by atoms with van der Waals surface area (Å²) in [7, 11) is 0. The second-order valence-corrected chi connectivity index (χ2v) is 7.59. The lowest BCUT2D eigenvalue weighted by molar-refractivity contribution is 0.0164. The molecule has 1 amide bonds. The molecule has 1 spiro atoms. The molecule has 0 unspecified atom stereocenters. The third kappa shape index (κ3) is 2.73. The summed E-state index contributed by atoms with van der Waals surface area (Å²) in [5.74, 6) is 0. The number of carbonyl (C=O) groups excluding carboxylic acids is 1. The van der Waals surface area contributed by atoms with Crippen molar-refractivity contribution >= 4 is 6.09 Å². The van der Waals surface area contributed by atoms with Gasteiger partial charge in [-0.25, -0.2) is 4.79 Å². The highest BCUT2D eigenvalue weighted by Gasteiger charge is 2.44. The summed E-state index contributed by atoms with van der Waals surface area (Å²) < 4.78 is 7.54. The van der Waals surface area contributed by atoms with Crippen LogP contribution in [0.4, 0.5) is 4.79 Å². The van der Waals surface area contributed by atoms with Crippen molar-refractivity contribution in [1.29, 1.82) is 0 Å². The smallest absolute Gasteiger partial charge is 0.410 e. The van der Waals surface area contributed by atoms with Gasteiger partial charge in [0.1, 0.15) is 5.60 Å². The van der Waals surface area contributed by atoms with E-state index in [1.807, 2.05) is 30.4 Å². The fourth-order valence-electron chi connectivity index (χ4n) is 3.71. The van der Waals surface area contributed by atoms with Crippen LogP contribution in [0.3, 0.4) is 0 Å². The van der Waals surface area contributed by atoms with Crippen molar-refractivity contribution in [2.75, 3.05) is 13.1 Å². The summed E-state index contributed by atoms with van der Waals surface area (Å²) in [6, 6.07) is 0. The largest absolute Gasteiger partial charge is 0.444 e. The van der Waals surface area contributed by atoms with E-state index < -0.39 is 5.60 Å². The number of piperidine rings is 1. The first-order chi connectivity index (χ1) is 10.3. The highest BCUT2D eigenvalue weighted by atomic mass is 16.6. The van der Waals surface area contributed by atoms with Crippen LogP contribution in [-0.4, -0.2) is 39.5 Å². The van der Waals surface area contributed by atoms with Crippen LogP contribution in [-0.2, 0) is 23.1 Å². The Hall–Kier alpha value is -1.52. The number of aromatic nitrogens is 2. The standard InChI is InChI=1S/C17H27N3O2/c1-5-20-12-13-14(18-20)6-7-17(13)8-10-19(11-9-17)15(21)22-16(2,3)4/h12H,5-11H2,1-4H3. The Balaban J connectivity index is 1.68. The van der Waals surface area contributed by atoms with Crippen molar-refractivity contribution in [1.82, 2.24) is 14.7 Å². The number of aryl methyl sites for hydroxylation is 2. The van der Waals surface area contributed by atoms with Crippen molar-refractivity contribution in [3.63, 3.8) is 0 Å². The lowest BCUT2D eigenvalue weighted by atomic mass is 9.74. The summed E-state index contributed by atoms with van der Waals surface area (Å²) in [4.78, 5) is 14.1. The Morgan fingerprint density at radius 1 is 1.32 bits per heavy atom. The molecule has 0 saturated carbocycles. The number of nitrogens with zero attached hydrogens (tertiary/aromatic N) is 3. The fraction of sp³-hybridized carbons (Fsp3) is 0.765. The van der Waals surface area contributed by atoms with Crippen molar-refractivity contribution in [3.8, 4) is 0 Å². The van der Waals surface area contributed by atoms with Gasteiger partial charge in [0.2, 0.25) is 0 Å². The summed E-state index contributed by atoms with van der Waals surface area (Å²) >= 11 is 0. The molecule has 0 radical (unpaired) electrons. The molecule has 22 heavy (non-hydrogen) atoms. The molecule has 0 bridgehead atoms. The quantitative estimate of drug-likeness (QED) is 0.801. The van der Waals surface area contributed by atoms with Crippen LogP contribution < -0.4 is 0 Å². The number of likely N-dealkylation sites (tertiary alicyclic amines) is 1. The minimum Gasteiger partial charge on any atom is -0.444 e. The molecule has 1 saturated heterocycles. The van der Waals surface area contributed by atoms with Gasteiger partial charge in [-0.3, -0.25) is 4.68 Å². The molecule has 1 aliphatic heterocycles. The number of fused-ring (bicyclic) bond motifs is 2. The zero-order valence-electron chi connectivity index (χ0n) is 14.2. The van der Waals surface area contributed by atoms with Crippen LogP contribution in [0.5, 0.6) is 0 Å². The molecule has 1 aromatic heterocycles. The third-order valence-electron chi connectivity index (χ3n) is 4.95. The zero-order valence-corrected chi connectivity index (χ0v) is 14.2. The van der Waals surface area contributed by atoms with Crippen LogP contribution in [0.15, 0.2) is 6.20 Å². The molecule has 2 heterocycles. The predicted molar refractivity (Wildman–Crippen MR) is 84.9 cm³/mol. The Bertz CT molecular complexity index is 563. The molecular formula is C17H27N3O2. The van der Waals surface area contributed by atoms with E-state index in [1.165, 1.54) is 17.7 Å². The highest BCUT2D eigenvalue weighted by molar-refractivity contribution is 5.68.